The summed E-state index contributed by atoms with van der Waals surface area (Å²) in [6, 6.07) is 12.7. The van der Waals surface area contributed by atoms with Gasteiger partial charge in [-0.25, -0.2) is 17.8 Å². The van der Waals surface area contributed by atoms with Crippen LogP contribution in [0.1, 0.15) is 31.1 Å². The summed E-state index contributed by atoms with van der Waals surface area (Å²) in [6.45, 7) is -0.0820. The van der Waals surface area contributed by atoms with E-state index in [0.717, 1.165) is 23.6 Å². The van der Waals surface area contributed by atoms with Gasteiger partial charge in [-0.05, 0) is 46.2 Å². The van der Waals surface area contributed by atoms with E-state index in [0.29, 0.717) is 5.82 Å². The number of nitrogens with zero attached hydrogens (tertiary/aromatic N) is 4. The highest BCUT2D eigenvalue weighted by Gasteiger charge is 2.28. The number of carbonyl (C=O) groups is 1. The summed E-state index contributed by atoms with van der Waals surface area (Å²) in [7, 11) is -3.71. The lowest BCUT2D eigenvalue weighted by Crippen LogP contribution is -2.26. The van der Waals surface area contributed by atoms with Gasteiger partial charge in [-0.15, -0.1) is 5.10 Å². The zero-order valence-electron chi connectivity index (χ0n) is 15.0. The Bertz CT molecular complexity index is 1110. The van der Waals surface area contributed by atoms with Crippen LogP contribution in [0.3, 0.4) is 0 Å². The second kappa shape index (κ2) is 7.64. The summed E-state index contributed by atoms with van der Waals surface area (Å²) in [5.41, 5.74) is 0. The van der Waals surface area contributed by atoms with Gasteiger partial charge in [-0.2, -0.15) is 0 Å². The van der Waals surface area contributed by atoms with E-state index in [-0.39, 0.29) is 30.5 Å². The molecule has 1 saturated carbocycles. The Morgan fingerprint density at radius 1 is 1.18 bits per heavy atom. The zero-order chi connectivity index (χ0) is 19.6. The average Bonchev–Trinajstić information content (AvgIpc) is 3.43. The average molecular weight is 401 g/mol. The van der Waals surface area contributed by atoms with Crippen molar-refractivity contribution in [3.8, 4) is 0 Å². The Hall–Kier alpha value is -2.85. The number of rotatable bonds is 8. The van der Waals surface area contributed by atoms with E-state index in [2.05, 4.69) is 20.2 Å². The van der Waals surface area contributed by atoms with Crippen molar-refractivity contribution in [2.24, 2.45) is 0 Å². The highest BCUT2D eigenvalue weighted by molar-refractivity contribution is 7.89. The van der Waals surface area contributed by atoms with Gasteiger partial charge >= 0.3 is 5.97 Å². The van der Waals surface area contributed by atoms with Crippen LogP contribution in [0.2, 0.25) is 0 Å². The number of hydrogen-bond acceptors (Lipinski definition) is 7. The Balaban J connectivity index is 1.29. The lowest BCUT2D eigenvalue weighted by molar-refractivity contribution is -0.145. The number of aromatic nitrogens is 4. The molecule has 0 bridgehead atoms. The molecule has 28 heavy (non-hydrogen) atoms. The molecule has 1 aromatic heterocycles. The SMILES string of the molecule is O=C(CCNS(=O)(=O)c1ccc2ccccc2c1)OCc1nnnn1C1CC1. The standard InChI is InChI=1S/C18H19N5O4S/c24-18(27-12-17-20-21-22-23(17)15-6-7-15)9-10-19-28(25,26)16-8-5-13-3-1-2-4-14(13)11-16/h1-5,8,11,15,19H,6-7,9-10,12H2. The van der Waals surface area contributed by atoms with Crippen LogP contribution in [0.25, 0.3) is 10.8 Å². The lowest BCUT2D eigenvalue weighted by Gasteiger charge is -2.08. The number of benzene rings is 2. The van der Waals surface area contributed by atoms with Crippen molar-refractivity contribution in [2.75, 3.05) is 6.54 Å². The van der Waals surface area contributed by atoms with Crippen molar-refractivity contribution in [2.45, 2.75) is 36.8 Å². The van der Waals surface area contributed by atoms with Gasteiger partial charge in [0.1, 0.15) is 0 Å². The molecule has 1 aliphatic carbocycles. The largest absolute Gasteiger partial charge is 0.457 e. The van der Waals surface area contributed by atoms with Crippen LogP contribution in [0, 0.1) is 0 Å². The molecule has 1 fully saturated rings. The molecule has 10 heteroatoms. The van der Waals surface area contributed by atoms with Crippen LogP contribution < -0.4 is 4.72 Å². The van der Waals surface area contributed by atoms with Crippen molar-refractivity contribution in [3.05, 3.63) is 48.3 Å². The molecule has 0 saturated heterocycles. The van der Waals surface area contributed by atoms with Crippen molar-refractivity contribution in [1.82, 2.24) is 24.9 Å². The van der Waals surface area contributed by atoms with Gasteiger partial charge in [0.05, 0.1) is 17.4 Å². The fourth-order valence-electron chi connectivity index (χ4n) is 2.83. The number of fused-ring (bicyclic) bond motifs is 1. The van der Waals surface area contributed by atoms with Gasteiger partial charge in [0.2, 0.25) is 10.0 Å². The second-order valence-electron chi connectivity index (χ2n) is 6.59. The molecular formula is C18H19N5O4S. The number of sulfonamides is 1. The van der Waals surface area contributed by atoms with Crippen LogP contribution in [0.15, 0.2) is 47.4 Å². The molecule has 1 aliphatic rings. The van der Waals surface area contributed by atoms with Crippen LogP contribution in [0.4, 0.5) is 0 Å². The number of carbonyl (C=O) groups excluding carboxylic acids is 1. The van der Waals surface area contributed by atoms with E-state index in [1.54, 1.807) is 22.9 Å². The molecule has 146 valence electrons. The van der Waals surface area contributed by atoms with E-state index in [9.17, 15) is 13.2 Å². The van der Waals surface area contributed by atoms with E-state index < -0.39 is 16.0 Å². The Labute approximate surface area is 161 Å². The van der Waals surface area contributed by atoms with Crippen molar-refractivity contribution in [1.29, 1.82) is 0 Å². The monoisotopic (exact) mass is 401 g/mol. The first-order chi connectivity index (χ1) is 13.5. The molecule has 0 unspecified atom stereocenters. The molecule has 2 aromatic carbocycles. The molecule has 0 atom stereocenters. The Morgan fingerprint density at radius 3 is 2.75 bits per heavy atom. The maximum absolute atomic E-state index is 12.4. The molecule has 0 amide bonds. The third kappa shape index (κ3) is 4.18. The highest BCUT2D eigenvalue weighted by atomic mass is 32.2. The molecule has 1 heterocycles. The Morgan fingerprint density at radius 2 is 1.96 bits per heavy atom. The van der Waals surface area contributed by atoms with Crippen LogP contribution in [-0.4, -0.2) is 41.1 Å². The van der Waals surface area contributed by atoms with E-state index in [1.165, 1.54) is 0 Å². The molecule has 0 aliphatic heterocycles. The maximum Gasteiger partial charge on any atom is 0.307 e. The molecule has 4 rings (SSSR count). The summed E-state index contributed by atoms with van der Waals surface area (Å²) in [5.74, 6) is -0.0286. The van der Waals surface area contributed by atoms with Gasteiger partial charge in [0.25, 0.3) is 0 Å². The van der Waals surface area contributed by atoms with Crippen LogP contribution >= 0.6 is 0 Å². The number of ether oxygens (including phenoxy) is 1. The fraction of sp³-hybridized carbons (Fsp3) is 0.333. The first-order valence-corrected chi connectivity index (χ1v) is 10.4. The number of hydrogen-bond donors (Lipinski definition) is 1. The number of tetrazole rings is 1. The van der Waals surface area contributed by atoms with Crippen LogP contribution in [0.5, 0.6) is 0 Å². The normalized spacial score (nSPS) is 14.3. The molecule has 0 radical (unpaired) electrons. The molecule has 1 N–H and O–H groups in total. The lowest BCUT2D eigenvalue weighted by atomic mass is 10.1. The number of esters is 1. The first-order valence-electron chi connectivity index (χ1n) is 8.94. The van der Waals surface area contributed by atoms with Gasteiger partial charge in [-0.1, -0.05) is 30.3 Å². The van der Waals surface area contributed by atoms with Gasteiger partial charge in [-0.3, -0.25) is 4.79 Å². The predicted molar refractivity (Wildman–Crippen MR) is 99.6 cm³/mol. The summed E-state index contributed by atoms with van der Waals surface area (Å²) in [5, 5.41) is 13.1. The fourth-order valence-corrected chi connectivity index (χ4v) is 3.90. The first kappa shape index (κ1) is 18.5. The summed E-state index contributed by atoms with van der Waals surface area (Å²) >= 11 is 0. The maximum atomic E-state index is 12.4. The molecular weight excluding hydrogens is 382 g/mol. The van der Waals surface area contributed by atoms with Crippen molar-refractivity contribution in [3.63, 3.8) is 0 Å². The van der Waals surface area contributed by atoms with E-state index in [4.69, 9.17) is 4.74 Å². The quantitative estimate of drug-likeness (QED) is 0.570. The predicted octanol–water partition coefficient (Wildman–Crippen LogP) is 1.57. The minimum absolute atomic E-state index is 0.0280. The highest BCUT2D eigenvalue weighted by Crippen LogP contribution is 2.34. The smallest absolute Gasteiger partial charge is 0.307 e. The Kier molecular flexibility index (Phi) is 5.05. The number of nitrogens with one attached hydrogen (secondary N) is 1. The summed E-state index contributed by atoms with van der Waals surface area (Å²) in [4.78, 5) is 12.1. The van der Waals surface area contributed by atoms with Gasteiger partial charge in [0, 0.05) is 6.54 Å². The molecule has 3 aromatic rings. The molecule has 0 spiro atoms. The van der Waals surface area contributed by atoms with Crippen molar-refractivity contribution < 1.29 is 17.9 Å². The van der Waals surface area contributed by atoms with E-state index in [1.807, 2.05) is 24.3 Å². The third-order valence-electron chi connectivity index (χ3n) is 4.47. The van der Waals surface area contributed by atoms with Crippen molar-refractivity contribution >= 4 is 26.8 Å². The topological polar surface area (TPSA) is 116 Å². The molecule has 9 nitrogen and oxygen atoms in total. The minimum atomic E-state index is -3.71. The van der Waals surface area contributed by atoms with E-state index >= 15 is 0 Å². The summed E-state index contributed by atoms with van der Waals surface area (Å²) < 4.78 is 34.1. The van der Waals surface area contributed by atoms with Gasteiger partial charge < -0.3 is 4.74 Å². The second-order valence-corrected chi connectivity index (χ2v) is 8.36. The zero-order valence-corrected chi connectivity index (χ0v) is 15.8. The summed E-state index contributed by atoms with van der Waals surface area (Å²) in [6.07, 6.45) is 1.95. The van der Waals surface area contributed by atoms with Gasteiger partial charge in [0.15, 0.2) is 12.4 Å². The third-order valence-corrected chi connectivity index (χ3v) is 5.93. The van der Waals surface area contributed by atoms with Crippen LogP contribution in [-0.2, 0) is 26.2 Å². The minimum Gasteiger partial charge on any atom is -0.457 e.